The number of carbonyl (C=O) groups is 2. The molecule has 0 bridgehead atoms. The second kappa shape index (κ2) is 7.07. The number of hydrogen-bond donors (Lipinski definition) is 1. The van der Waals surface area contributed by atoms with Crippen LogP contribution in [-0.2, 0) is 9.53 Å². The zero-order chi connectivity index (χ0) is 17.2. The molecule has 2 N–H and O–H groups in total. The Labute approximate surface area is 139 Å². The normalized spacial score (nSPS) is 29.6. The van der Waals surface area contributed by atoms with Crippen LogP contribution in [-0.4, -0.2) is 59.6 Å². The molecule has 2 saturated heterocycles. The Bertz CT molecular complexity index is 447. The Morgan fingerprint density at radius 2 is 1.91 bits per heavy atom. The van der Waals surface area contributed by atoms with Gasteiger partial charge in [-0.1, -0.05) is 0 Å². The van der Waals surface area contributed by atoms with Gasteiger partial charge in [0.25, 0.3) is 0 Å². The first-order valence-electron chi connectivity index (χ1n) is 8.67. The zero-order valence-electron chi connectivity index (χ0n) is 14.9. The molecule has 0 aromatic carbocycles. The topological polar surface area (TPSA) is 75.9 Å². The third-order valence-electron chi connectivity index (χ3n) is 4.80. The van der Waals surface area contributed by atoms with Crippen molar-refractivity contribution in [1.29, 1.82) is 0 Å². The number of nitrogens with zero attached hydrogens (tertiary/aromatic N) is 2. The first-order valence-corrected chi connectivity index (χ1v) is 8.67. The van der Waals surface area contributed by atoms with E-state index in [2.05, 4.69) is 11.8 Å². The number of carbonyl (C=O) groups excluding carboxylic acids is 2. The first-order chi connectivity index (χ1) is 10.7. The maximum atomic E-state index is 12.2. The SMILES string of the molecule is CC1CC(CN2CCC(C(N)=O)C2)CCN1C(=O)OC(C)(C)C. The van der Waals surface area contributed by atoms with E-state index in [0.717, 1.165) is 45.4 Å². The summed E-state index contributed by atoms with van der Waals surface area (Å²) in [4.78, 5) is 27.7. The molecule has 3 unspecified atom stereocenters. The van der Waals surface area contributed by atoms with E-state index in [-0.39, 0.29) is 24.0 Å². The molecule has 2 aliphatic rings. The van der Waals surface area contributed by atoms with Crippen molar-refractivity contribution >= 4 is 12.0 Å². The Morgan fingerprint density at radius 1 is 1.22 bits per heavy atom. The van der Waals surface area contributed by atoms with Crippen LogP contribution in [0, 0.1) is 11.8 Å². The summed E-state index contributed by atoms with van der Waals surface area (Å²) in [6.45, 7) is 11.3. The Morgan fingerprint density at radius 3 is 2.43 bits per heavy atom. The highest BCUT2D eigenvalue weighted by Crippen LogP contribution is 2.27. The predicted molar refractivity (Wildman–Crippen MR) is 88.9 cm³/mol. The number of rotatable bonds is 3. The van der Waals surface area contributed by atoms with Crippen molar-refractivity contribution in [2.75, 3.05) is 26.2 Å². The van der Waals surface area contributed by atoms with Crippen molar-refractivity contribution in [1.82, 2.24) is 9.80 Å². The number of ether oxygens (including phenoxy) is 1. The second-order valence-corrected chi connectivity index (χ2v) is 8.06. The fourth-order valence-electron chi connectivity index (χ4n) is 3.62. The summed E-state index contributed by atoms with van der Waals surface area (Å²) in [5.74, 6) is 0.394. The molecule has 2 amide bonds. The van der Waals surface area contributed by atoms with Gasteiger partial charge < -0.3 is 20.3 Å². The van der Waals surface area contributed by atoms with E-state index in [9.17, 15) is 9.59 Å². The minimum atomic E-state index is -0.451. The number of nitrogens with two attached hydrogens (primary N) is 1. The first kappa shape index (κ1) is 18.0. The lowest BCUT2D eigenvalue weighted by atomic mass is 9.91. The van der Waals surface area contributed by atoms with Crippen molar-refractivity contribution < 1.29 is 14.3 Å². The monoisotopic (exact) mass is 325 g/mol. The molecule has 0 saturated carbocycles. The maximum Gasteiger partial charge on any atom is 0.410 e. The minimum Gasteiger partial charge on any atom is -0.444 e. The number of hydrogen-bond acceptors (Lipinski definition) is 4. The predicted octanol–water partition coefficient (Wildman–Crippen LogP) is 1.83. The molecule has 2 fully saturated rings. The number of primary amides is 1. The average molecular weight is 325 g/mol. The maximum absolute atomic E-state index is 12.2. The van der Waals surface area contributed by atoms with E-state index in [1.165, 1.54) is 0 Å². The summed E-state index contributed by atoms with van der Waals surface area (Å²) in [5, 5.41) is 0. The van der Waals surface area contributed by atoms with Crippen LogP contribution in [0.4, 0.5) is 4.79 Å². The molecule has 3 atom stereocenters. The van der Waals surface area contributed by atoms with E-state index in [1.54, 1.807) is 0 Å². The zero-order valence-corrected chi connectivity index (χ0v) is 14.9. The van der Waals surface area contributed by atoms with Crippen LogP contribution in [0.25, 0.3) is 0 Å². The summed E-state index contributed by atoms with van der Waals surface area (Å²) >= 11 is 0. The van der Waals surface area contributed by atoms with Crippen LogP contribution >= 0.6 is 0 Å². The highest BCUT2D eigenvalue weighted by molar-refractivity contribution is 5.77. The van der Waals surface area contributed by atoms with Gasteiger partial charge >= 0.3 is 6.09 Å². The van der Waals surface area contributed by atoms with Crippen molar-refractivity contribution in [2.45, 2.75) is 58.6 Å². The quantitative estimate of drug-likeness (QED) is 0.859. The molecular weight excluding hydrogens is 294 g/mol. The second-order valence-electron chi connectivity index (χ2n) is 8.06. The van der Waals surface area contributed by atoms with E-state index < -0.39 is 5.60 Å². The average Bonchev–Trinajstić information content (AvgIpc) is 2.85. The van der Waals surface area contributed by atoms with Gasteiger partial charge in [-0.05, 0) is 59.4 Å². The lowest BCUT2D eigenvalue weighted by Gasteiger charge is -2.39. The summed E-state index contributed by atoms with van der Waals surface area (Å²) < 4.78 is 5.48. The van der Waals surface area contributed by atoms with Gasteiger partial charge in [0, 0.05) is 25.7 Å². The summed E-state index contributed by atoms with van der Waals surface area (Å²) in [6.07, 6.45) is 2.64. The van der Waals surface area contributed by atoms with Crippen LogP contribution in [0.2, 0.25) is 0 Å². The van der Waals surface area contributed by atoms with Gasteiger partial charge in [0.2, 0.25) is 5.91 Å². The molecule has 2 aliphatic heterocycles. The highest BCUT2D eigenvalue weighted by atomic mass is 16.6. The lowest BCUT2D eigenvalue weighted by molar-refractivity contribution is -0.121. The van der Waals surface area contributed by atoms with Crippen LogP contribution in [0.5, 0.6) is 0 Å². The molecule has 0 radical (unpaired) electrons. The Balaban J connectivity index is 1.80. The van der Waals surface area contributed by atoms with E-state index in [4.69, 9.17) is 10.5 Å². The number of piperidine rings is 1. The van der Waals surface area contributed by atoms with E-state index >= 15 is 0 Å². The summed E-state index contributed by atoms with van der Waals surface area (Å²) in [7, 11) is 0. The third kappa shape index (κ3) is 5.09. The van der Waals surface area contributed by atoms with Gasteiger partial charge in [0.05, 0.1) is 5.92 Å². The molecule has 2 heterocycles. The number of amides is 2. The lowest BCUT2D eigenvalue weighted by Crippen LogP contribution is -2.48. The van der Waals surface area contributed by atoms with Crippen LogP contribution in [0.1, 0.15) is 47.0 Å². The molecule has 132 valence electrons. The van der Waals surface area contributed by atoms with Crippen molar-refractivity contribution in [3.05, 3.63) is 0 Å². The minimum absolute atomic E-state index is 0.00859. The number of likely N-dealkylation sites (tertiary alicyclic amines) is 2. The molecule has 6 heteroatoms. The van der Waals surface area contributed by atoms with E-state index in [1.807, 2.05) is 25.7 Å². The van der Waals surface area contributed by atoms with E-state index in [0.29, 0.717) is 5.92 Å². The van der Waals surface area contributed by atoms with Crippen molar-refractivity contribution in [3.8, 4) is 0 Å². The Kier molecular flexibility index (Phi) is 5.55. The van der Waals surface area contributed by atoms with Crippen LogP contribution in [0.3, 0.4) is 0 Å². The summed E-state index contributed by atoms with van der Waals surface area (Å²) in [6, 6.07) is 0.193. The fraction of sp³-hybridized carbons (Fsp3) is 0.882. The van der Waals surface area contributed by atoms with Gasteiger partial charge in [-0.3, -0.25) is 4.79 Å². The molecular formula is C17H31N3O3. The fourth-order valence-corrected chi connectivity index (χ4v) is 3.62. The van der Waals surface area contributed by atoms with Crippen molar-refractivity contribution in [2.24, 2.45) is 17.6 Å². The molecule has 0 spiro atoms. The molecule has 2 rings (SSSR count). The van der Waals surface area contributed by atoms with Crippen molar-refractivity contribution in [3.63, 3.8) is 0 Å². The summed E-state index contributed by atoms with van der Waals surface area (Å²) in [5.41, 5.74) is 4.94. The molecule has 0 aromatic rings. The largest absolute Gasteiger partial charge is 0.444 e. The van der Waals surface area contributed by atoms with Gasteiger partial charge in [0.15, 0.2) is 0 Å². The van der Waals surface area contributed by atoms with Gasteiger partial charge in [0.1, 0.15) is 5.60 Å². The van der Waals surface area contributed by atoms with Crippen LogP contribution in [0.15, 0.2) is 0 Å². The van der Waals surface area contributed by atoms with Gasteiger partial charge in [-0.15, -0.1) is 0 Å². The molecule has 0 aromatic heterocycles. The van der Waals surface area contributed by atoms with Crippen LogP contribution < -0.4 is 5.73 Å². The highest BCUT2D eigenvalue weighted by Gasteiger charge is 2.34. The third-order valence-corrected chi connectivity index (χ3v) is 4.80. The standard InChI is InChI=1S/C17H31N3O3/c1-12-9-13(10-19-7-6-14(11-19)15(18)21)5-8-20(12)16(22)23-17(2,3)4/h12-14H,5-11H2,1-4H3,(H2,18,21). The smallest absolute Gasteiger partial charge is 0.410 e. The molecule has 0 aliphatic carbocycles. The molecule has 6 nitrogen and oxygen atoms in total. The van der Waals surface area contributed by atoms with Gasteiger partial charge in [-0.2, -0.15) is 0 Å². The van der Waals surface area contributed by atoms with Gasteiger partial charge in [-0.25, -0.2) is 4.79 Å². The molecule has 23 heavy (non-hydrogen) atoms. The Hall–Kier alpha value is -1.30.